The highest BCUT2D eigenvalue weighted by atomic mass is 16.5. The van der Waals surface area contributed by atoms with Crippen LogP contribution in [0, 0.1) is 18.3 Å². The Morgan fingerprint density at radius 2 is 1.94 bits per heavy atom. The van der Waals surface area contributed by atoms with Gasteiger partial charge in [-0.2, -0.15) is 15.2 Å². The Labute approximate surface area is 92.9 Å². The predicted octanol–water partition coefficient (Wildman–Crippen LogP) is 1.46. The minimum atomic E-state index is 0.343. The van der Waals surface area contributed by atoms with E-state index < -0.39 is 0 Å². The molecule has 2 aromatic rings. The third-order valence-corrected chi connectivity index (χ3v) is 2.19. The van der Waals surface area contributed by atoms with Crippen molar-refractivity contribution in [3.63, 3.8) is 0 Å². The first-order valence-corrected chi connectivity index (χ1v) is 4.73. The van der Waals surface area contributed by atoms with Crippen LogP contribution < -0.4 is 4.74 Å². The zero-order valence-electron chi connectivity index (χ0n) is 9.01. The zero-order valence-corrected chi connectivity index (χ0v) is 9.01. The summed E-state index contributed by atoms with van der Waals surface area (Å²) in [5, 5.41) is 17.0. The Bertz CT molecular complexity index is 536. The summed E-state index contributed by atoms with van der Waals surface area (Å²) in [7, 11) is 1.61. The van der Waals surface area contributed by atoms with Gasteiger partial charge < -0.3 is 4.74 Å². The van der Waals surface area contributed by atoms with Crippen LogP contribution in [0.1, 0.15) is 11.4 Å². The number of aromatic nitrogens is 3. The van der Waals surface area contributed by atoms with Gasteiger partial charge in [0.05, 0.1) is 18.5 Å². The van der Waals surface area contributed by atoms with Crippen molar-refractivity contribution >= 4 is 0 Å². The number of rotatable bonds is 2. The molecule has 0 bridgehead atoms. The molecule has 0 radical (unpaired) electrons. The van der Waals surface area contributed by atoms with Gasteiger partial charge >= 0.3 is 0 Å². The molecule has 0 aliphatic carbocycles. The maximum absolute atomic E-state index is 8.78. The molecule has 1 aromatic heterocycles. The van der Waals surface area contributed by atoms with Crippen molar-refractivity contribution in [1.82, 2.24) is 15.0 Å². The molecule has 16 heavy (non-hydrogen) atoms. The maximum Gasteiger partial charge on any atom is 0.186 e. The number of hydrogen-bond acceptors (Lipinski definition) is 4. The van der Waals surface area contributed by atoms with Crippen LogP contribution in [0.15, 0.2) is 24.3 Å². The molecular weight excluding hydrogens is 204 g/mol. The molecule has 1 heterocycles. The minimum absolute atomic E-state index is 0.343. The van der Waals surface area contributed by atoms with Crippen molar-refractivity contribution in [3.05, 3.63) is 35.7 Å². The highest BCUT2D eigenvalue weighted by Gasteiger charge is 2.07. The second-order valence-corrected chi connectivity index (χ2v) is 3.23. The molecule has 80 valence electrons. The summed E-state index contributed by atoms with van der Waals surface area (Å²) in [6.45, 7) is 1.76. The van der Waals surface area contributed by atoms with Crippen LogP contribution in [-0.4, -0.2) is 22.1 Å². The first-order valence-electron chi connectivity index (χ1n) is 4.73. The van der Waals surface area contributed by atoms with Gasteiger partial charge in [-0.25, -0.2) is 0 Å². The summed E-state index contributed by atoms with van der Waals surface area (Å²) in [6.07, 6.45) is 0. The Morgan fingerprint density at radius 3 is 2.44 bits per heavy atom. The quantitative estimate of drug-likeness (QED) is 0.759. The van der Waals surface area contributed by atoms with Crippen molar-refractivity contribution < 1.29 is 4.74 Å². The predicted molar refractivity (Wildman–Crippen MR) is 57.4 cm³/mol. The van der Waals surface area contributed by atoms with Gasteiger partial charge in [0.1, 0.15) is 11.8 Å². The third kappa shape index (κ3) is 1.73. The van der Waals surface area contributed by atoms with E-state index in [-0.39, 0.29) is 0 Å². The number of benzene rings is 1. The second kappa shape index (κ2) is 4.03. The first-order chi connectivity index (χ1) is 7.74. The van der Waals surface area contributed by atoms with Crippen LogP contribution in [0.2, 0.25) is 0 Å². The normalized spacial score (nSPS) is 9.81. The molecule has 0 unspecified atom stereocenters. The van der Waals surface area contributed by atoms with Gasteiger partial charge in [0.2, 0.25) is 0 Å². The summed E-state index contributed by atoms with van der Waals surface area (Å²) < 4.78 is 5.05. The molecule has 0 N–H and O–H groups in total. The van der Waals surface area contributed by atoms with E-state index in [1.54, 1.807) is 14.0 Å². The Morgan fingerprint density at radius 1 is 1.25 bits per heavy atom. The number of ether oxygens (including phenoxy) is 1. The number of hydrogen-bond donors (Lipinski definition) is 0. The molecule has 0 fully saturated rings. The molecule has 0 amide bonds. The van der Waals surface area contributed by atoms with Crippen LogP contribution in [0.3, 0.4) is 0 Å². The Kier molecular flexibility index (Phi) is 2.56. The third-order valence-electron chi connectivity index (χ3n) is 2.19. The van der Waals surface area contributed by atoms with E-state index in [0.717, 1.165) is 11.4 Å². The fraction of sp³-hybridized carbons (Fsp3) is 0.182. The molecule has 2 rings (SSSR count). The lowest BCUT2D eigenvalue weighted by atomic mass is 10.3. The molecule has 5 heteroatoms. The smallest absolute Gasteiger partial charge is 0.186 e. The van der Waals surface area contributed by atoms with Crippen LogP contribution in [0.4, 0.5) is 0 Å². The van der Waals surface area contributed by atoms with Gasteiger partial charge in [0, 0.05) is 0 Å². The summed E-state index contributed by atoms with van der Waals surface area (Å²) in [4.78, 5) is 1.44. The van der Waals surface area contributed by atoms with E-state index in [0.29, 0.717) is 11.4 Å². The highest BCUT2D eigenvalue weighted by Crippen LogP contribution is 2.14. The average Bonchev–Trinajstić information content (AvgIpc) is 2.71. The van der Waals surface area contributed by atoms with Crippen molar-refractivity contribution in [2.45, 2.75) is 6.92 Å². The molecule has 5 nitrogen and oxygen atoms in total. The largest absolute Gasteiger partial charge is 0.497 e. The van der Waals surface area contributed by atoms with Crippen molar-refractivity contribution in [3.8, 4) is 17.5 Å². The van der Waals surface area contributed by atoms with Crippen LogP contribution in [0.5, 0.6) is 5.75 Å². The summed E-state index contributed by atoms with van der Waals surface area (Å²) in [6, 6.07) is 9.29. The van der Waals surface area contributed by atoms with Crippen LogP contribution >= 0.6 is 0 Å². The Balaban J connectivity index is 2.39. The van der Waals surface area contributed by atoms with Crippen molar-refractivity contribution in [1.29, 1.82) is 5.26 Å². The van der Waals surface area contributed by atoms with Crippen molar-refractivity contribution in [2.24, 2.45) is 0 Å². The molecule has 0 aliphatic heterocycles. The number of aryl methyl sites for hydroxylation is 1. The fourth-order valence-electron chi connectivity index (χ4n) is 1.31. The zero-order chi connectivity index (χ0) is 11.5. The van der Waals surface area contributed by atoms with E-state index in [2.05, 4.69) is 10.2 Å². The monoisotopic (exact) mass is 214 g/mol. The first kappa shape index (κ1) is 10.2. The summed E-state index contributed by atoms with van der Waals surface area (Å²) in [5.74, 6) is 0.771. The SMILES string of the molecule is COc1ccc(-n2nc(C)c(C#N)n2)cc1. The van der Waals surface area contributed by atoms with E-state index in [1.165, 1.54) is 4.80 Å². The number of methoxy groups -OCH3 is 1. The standard InChI is InChI=1S/C11H10N4O/c1-8-11(7-12)14-15(13-8)9-3-5-10(16-2)6-4-9/h3-6H,1-2H3. The second-order valence-electron chi connectivity index (χ2n) is 3.23. The van der Waals surface area contributed by atoms with Gasteiger partial charge in [-0.1, -0.05) is 0 Å². The van der Waals surface area contributed by atoms with E-state index in [4.69, 9.17) is 10.00 Å². The average molecular weight is 214 g/mol. The van der Waals surface area contributed by atoms with E-state index in [9.17, 15) is 0 Å². The van der Waals surface area contributed by atoms with E-state index >= 15 is 0 Å². The lowest BCUT2D eigenvalue weighted by molar-refractivity contribution is 0.414. The highest BCUT2D eigenvalue weighted by molar-refractivity contribution is 5.36. The fourth-order valence-corrected chi connectivity index (χ4v) is 1.31. The minimum Gasteiger partial charge on any atom is -0.497 e. The molecular formula is C11H10N4O. The maximum atomic E-state index is 8.78. The Hall–Kier alpha value is -2.35. The molecule has 1 aromatic carbocycles. The van der Waals surface area contributed by atoms with Crippen LogP contribution in [0.25, 0.3) is 5.69 Å². The van der Waals surface area contributed by atoms with Gasteiger partial charge in [-0.15, -0.1) is 5.10 Å². The number of nitrogens with zero attached hydrogens (tertiary/aromatic N) is 4. The van der Waals surface area contributed by atoms with Gasteiger partial charge in [0.15, 0.2) is 5.69 Å². The van der Waals surface area contributed by atoms with Gasteiger partial charge in [-0.3, -0.25) is 0 Å². The van der Waals surface area contributed by atoms with Crippen LogP contribution in [-0.2, 0) is 0 Å². The molecule has 0 saturated carbocycles. The molecule has 0 aliphatic rings. The van der Waals surface area contributed by atoms with Gasteiger partial charge in [0.25, 0.3) is 0 Å². The summed E-state index contributed by atoms with van der Waals surface area (Å²) >= 11 is 0. The molecule has 0 spiro atoms. The molecule has 0 saturated heterocycles. The van der Waals surface area contributed by atoms with Crippen molar-refractivity contribution in [2.75, 3.05) is 7.11 Å². The van der Waals surface area contributed by atoms with Gasteiger partial charge in [-0.05, 0) is 31.2 Å². The lowest BCUT2D eigenvalue weighted by Gasteiger charge is -2.01. The summed E-state index contributed by atoms with van der Waals surface area (Å²) in [5.41, 5.74) is 1.76. The topological polar surface area (TPSA) is 63.7 Å². The molecule has 0 atom stereocenters. The van der Waals surface area contributed by atoms with E-state index in [1.807, 2.05) is 30.3 Å². The lowest BCUT2D eigenvalue weighted by Crippen LogP contribution is -1.98. The number of nitriles is 1.